The molecule has 1 fully saturated rings. The van der Waals surface area contributed by atoms with Crippen LogP contribution >= 0.6 is 23.2 Å². The van der Waals surface area contributed by atoms with E-state index in [1.165, 1.54) is 0 Å². The third-order valence-corrected chi connectivity index (χ3v) is 6.67. The summed E-state index contributed by atoms with van der Waals surface area (Å²) in [6.07, 6.45) is 0. The molecule has 2 N–H and O–H groups in total. The molecule has 156 valence electrons. The van der Waals surface area contributed by atoms with Crippen LogP contribution in [0.1, 0.15) is 28.4 Å². The lowest BCUT2D eigenvalue weighted by Gasteiger charge is -2.27. The number of benzene rings is 2. The molecule has 2 aromatic carbocycles. The van der Waals surface area contributed by atoms with Crippen LogP contribution in [0, 0.1) is 0 Å². The molecule has 1 unspecified atom stereocenters. The van der Waals surface area contributed by atoms with Crippen LogP contribution in [-0.2, 0) is 23.9 Å². The third-order valence-electron chi connectivity index (χ3n) is 4.80. The van der Waals surface area contributed by atoms with Crippen LogP contribution in [0.2, 0.25) is 10.0 Å². The van der Waals surface area contributed by atoms with Gasteiger partial charge in [0, 0.05) is 65.5 Å². The van der Waals surface area contributed by atoms with Gasteiger partial charge in [0.05, 0.1) is 10.8 Å². The molecule has 5 nitrogen and oxygen atoms in total. The van der Waals surface area contributed by atoms with Crippen molar-refractivity contribution in [3.05, 3.63) is 63.1 Å². The highest BCUT2D eigenvalue weighted by Crippen LogP contribution is 2.21. The van der Waals surface area contributed by atoms with Crippen LogP contribution in [0.5, 0.6) is 0 Å². The number of rotatable bonds is 7. The van der Waals surface area contributed by atoms with Crippen molar-refractivity contribution >= 4 is 39.9 Å². The van der Waals surface area contributed by atoms with Gasteiger partial charge < -0.3 is 10.6 Å². The number of piperazine rings is 1. The maximum absolute atomic E-state index is 12.7. The van der Waals surface area contributed by atoms with Gasteiger partial charge in [-0.25, -0.2) is 0 Å². The van der Waals surface area contributed by atoms with Gasteiger partial charge in [0.1, 0.15) is 0 Å². The van der Waals surface area contributed by atoms with Crippen molar-refractivity contribution in [2.24, 2.45) is 0 Å². The Morgan fingerprint density at radius 2 is 1.90 bits per heavy atom. The van der Waals surface area contributed by atoms with Crippen LogP contribution in [-0.4, -0.2) is 46.9 Å². The molecule has 0 radical (unpaired) electrons. The molecule has 1 amide bonds. The Kier molecular flexibility index (Phi) is 8.09. The maximum Gasteiger partial charge on any atom is 0.251 e. The Labute approximate surface area is 184 Å². The van der Waals surface area contributed by atoms with E-state index in [0.29, 0.717) is 26.3 Å². The van der Waals surface area contributed by atoms with Gasteiger partial charge in [-0.3, -0.25) is 13.9 Å². The van der Waals surface area contributed by atoms with Crippen LogP contribution in [0.15, 0.2) is 41.3 Å². The minimum Gasteiger partial charge on any atom is -0.348 e. The molecule has 1 aliphatic rings. The maximum atomic E-state index is 12.7. The molecule has 0 bridgehead atoms. The number of halogens is 2. The fourth-order valence-electron chi connectivity index (χ4n) is 3.34. The van der Waals surface area contributed by atoms with Gasteiger partial charge >= 0.3 is 0 Å². The van der Waals surface area contributed by atoms with E-state index in [1.54, 1.807) is 24.3 Å². The molecule has 3 rings (SSSR count). The van der Waals surface area contributed by atoms with Crippen LogP contribution < -0.4 is 10.6 Å². The Bertz CT molecular complexity index is 901. The lowest BCUT2D eigenvalue weighted by Crippen LogP contribution is -2.42. The van der Waals surface area contributed by atoms with Crippen molar-refractivity contribution in [1.82, 2.24) is 15.5 Å². The second-order valence-electron chi connectivity index (χ2n) is 6.94. The molecule has 1 atom stereocenters. The molecular formula is C21H25Cl2N3O2S. The molecule has 0 aromatic heterocycles. The largest absolute Gasteiger partial charge is 0.348 e. The molecule has 8 heteroatoms. The van der Waals surface area contributed by atoms with Gasteiger partial charge in [-0.15, -0.1) is 0 Å². The number of carbonyl (C=O) groups is 1. The Morgan fingerprint density at radius 1 is 1.14 bits per heavy atom. The highest BCUT2D eigenvalue weighted by atomic mass is 35.5. The van der Waals surface area contributed by atoms with E-state index < -0.39 is 10.8 Å². The average Bonchev–Trinajstić information content (AvgIpc) is 2.72. The smallest absolute Gasteiger partial charge is 0.251 e. The minimum absolute atomic E-state index is 0.220. The standard InChI is InChI=1S/C21H25Cl2N3O2S/c1-2-29(28)20-4-3-18(22)12-17(20)13-25-21(27)16-9-15(10-19(23)11-16)14-26-7-5-24-6-8-26/h3-4,9-12,24H,2,5-8,13-14H2,1H3,(H,25,27). The average molecular weight is 454 g/mol. The Balaban J connectivity index is 1.71. The lowest BCUT2D eigenvalue weighted by atomic mass is 10.1. The molecule has 0 spiro atoms. The Hall–Kier alpha value is -1.44. The second-order valence-corrected chi connectivity index (χ2v) is 9.52. The quantitative estimate of drug-likeness (QED) is 0.673. The first kappa shape index (κ1) is 22.2. The number of amides is 1. The zero-order valence-electron chi connectivity index (χ0n) is 16.3. The normalized spacial score (nSPS) is 15.8. The number of hydrogen-bond donors (Lipinski definition) is 2. The number of nitrogens with one attached hydrogen (secondary N) is 2. The summed E-state index contributed by atoms with van der Waals surface area (Å²) < 4.78 is 12.3. The SMILES string of the molecule is CCS(=O)c1ccc(Cl)cc1CNC(=O)c1cc(Cl)cc(CN2CCNCC2)c1. The topological polar surface area (TPSA) is 61.4 Å². The number of hydrogen-bond acceptors (Lipinski definition) is 4. The first-order chi connectivity index (χ1) is 14.0. The molecular weight excluding hydrogens is 429 g/mol. The van der Waals surface area contributed by atoms with Crippen molar-refractivity contribution in [2.75, 3.05) is 31.9 Å². The molecule has 2 aromatic rings. The van der Waals surface area contributed by atoms with Crippen LogP contribution in [0.3, 0.4) is 0 Å². The summed E-state index contributed by atoms with van der Waals surface area (Å²) in [7, 11) is -1.12. The summed E-state index contributed by atoms with van der Waals surface area (Å²) in [6.45, 7) is 6.75. The Morgan fingerprint density at radius 3 is 2.62 bits per heavy atom. The van der Waals surface area contributed by atoms with Crippen molar-refractivity contribution in [3.8, 4) is 0 Å². The van der Waals surface area contributed by atoms with E-state index in [-0.39, 0.29) is 12.5 Å². The summed E-state index contributed by atoms with van der Waals surface area (Å²) in [6, 6.07) is 10.7. The first-order valence-corrected chi connectivity index (χ1v) is 11.7. The summed E-state index contributed by atoms with van der Waals surface area (Å²) in [5.74, 6) is 0.286. The van der Waals surface area contributed by atoms with Crippen molar-refractivity contribution in [1.29, 1.82) is 0 Å². The highest BCUT2D eigenvalue weighted by Gasteiger charge is 2.15. The van der Waals surface area contributed by atoms with Gasteiger partial charge in [-0.05, 0) is 47.5 Å². The molecule has 1 saturated heterocycles. The summed E-state index contributed by atoms with van der Waals surface area (Å²) in [4.78, 5) is 15.8. The molecule has 1 aliphatic heterocycles. The fraction of sp³-hybridized carbons (Fsp3) is 0.381. The molecule has 0 aliphatic carbocycles. The first-order valence-electron chi connectivity index (χ1n) is 9.64. The second kappa shape index (κ2) is 10.5. The van der Waals surface area contributed by atoms with Crippen molar-refractivity contribution in [2.45, 2.75) is 24.9 Å². The zero-order chi connectivity index (χ0) is 20.8. The fourth-order valence-corrected chi connectivity index (χ4v) is 4.75. The molecule has 29 heavy (non-hydrogen) atoms. The van der Waals surface area contributed by atoms with Crippen LogP contribution in [0.25, 0.3) is 0 Å². The monoisotopic (exact) mass is 453 g/mol. The van der Waals surface area contributed by atoms with E-state index in [9.17, 15) is 9.00 Å². The lowest BCUT2D eigenvalue weighted by molar-refractivity contribution is 0.0950. The van der Waals surface area contributed by atoms with E-state index in [1.807, 2.05) is 19.1 Å². The molecule has 1 heterocycles. The van der Waals surface area contributed by atoms with Gasteiger partial charge in [0.15, 0.2) is 0 Å². The van der Waals surface area contributed by atoms with Gasteiger partial charge in [0.25, 0.3) is 5.91 Å². The van der Waals surface area contributed by atoms with Crippen molar-refractivity contribution < 1.29 is 9.00 Å². The summed E-state index contributed by atoms with van der Waals surface area (Å²) in [5.41, 5.74) is 2.29. The van der Waals surface area contributed by atoms with E-state index in [0.717, 1.165) is 43.9 Å². The minimum atomic E-state index is -1.12. The van der Waals surface area contributed by atoms with E-state index in [2.05, 4.69) is 15.5 Å². The van der Waals surface area contributed by atoms with Gasteiger partial charge in [-0.2, -0.15) is 0 Å². The summed E-state index contributed by atoms with van der Waals surface area (Å²) in [5, 5.41) is 7.33. The predicted molar refractivity (Wildman–Crippen MR) is 119 cm³/mol. The zero-order valence-corrected chi connectivity index (χ0v) is 18.7. The third kappa shape index (κ3) is 6.27. The van der Waals surface area contributed by atoms with Crippen molar-refractivity contribution in [3.63, 3.8) is 0 Å². The van der Waals surface area contributed by atoms with Gasteiger partial charge in [-0.1, -0.05) is 30.1 Å². The highest BCUT2D eigenvalue weighted by molar-refractivity contribution is 7.85. The molecule has 0 saturated carbocycles. The van der Waals surface area contributed by atoms with Gasteiger partial charge in [0.2, 0.25) is 0 Å². The number of carbonyl (C=O) groups excluding carboxylic acids is 1. The number of nitrogens with zero attached hydrogens (tertiary/aromatic N) is 1. The van der Waals surface area contributed by atoms with Crippen LogP contribution in [0.4, 0.5) is 0 Å². The van der Waals surface area contributed by atoms with E-state index >= 15 is 0 Å². The van der Waals surface area contributed by atoms with E-state index in [4.69, 9.17) is 23.2 Å². The summed E-state index contributed by atoms with van der Waals surface area (Å²) >= 11 is 12.4. The predicted octanol–water partition coefficient (Wildman–Crippen LogP) is 3.46.